The molecule has 0 radical (unpaired) electrons. The molecule has 0 aliphatic rings. The maximum atomic E-state index is 11.9. The molecule has 0 saturated heterocycles. The van der Waals surface area contributed by atoms with Gasteiger partial charge in [-0.15, -0.1) is 0 Å². The van der Waals surface area contributed by atoms with E-state index in [1.54, 1.807) is 6.92 Å². The van der Waals surface area contributed by atoms with E-state index < -0.39 is 0 Å². The second kappa shape index (κ2) is 5.23. The van der Waals surface area contributed by atoms with Crippen molar-refractivity contribution in [2.24, 2.45) is 5.73 Å². The minimum atomic E-state index is 0.151. The van der Waals surface area contributed by atoms with Crippen molar-refractivity contribution in [2.75, 3.05) is 19.6 Å². The smallest absolute Gasteiger partial charge is 0.315 e. The van der Waals surface area contributed by atoms with Gasteiger partial charge in [-0.25, -0.2) is 9.28 Å². The first kappa shape index (κ1) is 12.9. The van der Waals surface area contributed by atoms with Crippen LogP contribution in [0.5, 0.6) is 0 Å². The predicted octanol–water partition coefficient (Wildman–Crippen LogP) is 1.83. The zero-order chi connectivity index (χ0) is 12.2. The number of carbonyl (C=O) groups excluding carboxylic acids is 1. The number of amides is 1. The van der Waals surface area contributed by atoms with Crippen LogP contribution in [0.25, 0.3) is 0 Å². The minimum Gasteiger partial charge on any atom is -0.326 e. The number of aryl methyl sites for hydroxylation is 1. The summed E-state index contributed by atoms with van der Waals surface area (Å²) in [6.07, 6.45) is 0. The van der Waals surface area contributed by atoms with E-state index in [4.69, 9.17) is 5.73 Å². The highest BCUT2D eigenvalue weighted by Gasteiger charge is 2.33. The van der Waals surface area contributed by atoms with E-state index in [0.717, 1.165) is 12.2 Å². The standard InChI is InChI=1S/C13H21N2O/c1-4-15(9-8-14,12(3)16)13-7-5-6-11(2)10-13/h5-7,10H,4,8-9,14H2,1-3H3/q+1. The molecule has 0 aliphatic heterocycles. The van der Waals surface area contributed by atoms with Gasteiger partial charge in [0.2, 0.25) is 0 Å². The molecule has 0 saturated carbocycles. The largest absolute Gasteiger partial charge is 0.326 e. The Labute approximate surface area is 97.5 Å². The van der Waals surface area contributed by atoms with Crippen LogP contribution in [0.3, 0.4) is 0 Å². The quantitative estimate of drug-likeness (QED) is 0.788. The molecule has 3 nitrogen and oxygen atoms in total. The van der Waals surface area contributed by atoms with Gasteiger partial charge in [0.1, 0.15) is 12.2 Å². The van der Waals surface area contributed by atoms with Gasteiger partial charge in [-0.2, -0.15) is 0 Å². The molecule has 0 spiro atoms. The zero-order valence-corrected chi connectivity index (χ0v) is 10.4. The maximum absolute atomic E-state index is 11.9. The lowest BCUT2D eigenvalue weighted by atomic mass is 10.1. The summed E-state index contributed by atoms with van der Waals surface area (Å²) in [6.45, 7) is 7.63. The summed E-state index contributed by atoms with van der Waals surface area (Å²) in [6, 6.07) is 8.11. The van der Waals surface area contributed by atoms with Crippen LogP contribution in [0.4, 0.5) is 5.69 Å². The van der Waals surface area contributed by atoms with E-state index in [1.165, 1.54) is 5.56 Å². The summed E-state index contributed by atoms with van der Waals surface area (Å²) in [4.78, 5) is 11.9. The fourth-order valence-electron chi connectivity index (χ4n) is 2.15. The Morgan fingerprint density at radius 2 is 2.12 bits per heavy atom. The van der Waals surface area contributed by atoms with Gasteiger partial charge in [-0.05, 0) is 25.5 Å². The van der Waals surface area contributed by atoms with Gasteiger partial charge in [-0.3, -0.25) is 0 Å². The van der Waals surface area contributed by atoms with E-state index in [0.29, 0.717) is 17.6 Å². The van der Waals surface area contributed by atoms with Gasteiger partial charge in [-0.1, -0.05) is 12.1 Å². The van der Waals surface area contributed by atoms with Gasteiger partial charge in [0, 0.05) is 12.6 Å². The number of carbonyl (C=O) groups is 1. The van der Waals surface area contributed by atoms with Crippen molar-refractivity contribution in [2.45, 2.75) is 20.8 Å². The van der Waals surface area contributed by atoms with Gasteiger partial charge in [0.25, 0.3) is 0 Å². The number of quaternary nitrogens is 1. The average molecular weight is 221 g/mol. The summed E-state index contributed by atoms with van der Waals surface area (Å²) in [5, 5.41) is 0. The molecule has 0 aliphatic carbocycles. The van der Waals surface area contributed by atoms with Gasteiger partial charge in [0.05, 0.1) is 13.5 Å². The van der Waals surface area contributed by atoms with Crippen LogP contribution in [0.15, 0.2) is 24.3 Å². The van der Waals surface area contributed by atoms with Crippen LogP contribution in [0.2, 0.25) is 0 Å². The van der Waals surface area contributed by atoms with Crippen LogP contribution in [-0.4, -0.2) is 25.5 Å². The summed E-state index contributed by atoms with van der Waals surface area (Å²) in [5.41, 5.74) is 7.85. The molecule has 3 heteroatoms. The van der Waals surface area contributed by atoms with Crippen molar-refractivity contribution in [1.82, 2.24) is 4.48 Å². The predicted molar refractivity (Wildman–Crippen MR) is 68.1 cm³/mol. The fourth-order valence-corrected chi connectivity index (χ4v) is 2.15. The normalized spacial score (nSPS) is 14.5. The summed E-state index contributed by atoms with van der Waals surface area (Å²) < 4.78 is 0.345. The number of benzene rings is 1. The summed E-state index contributed by atoms with van der Waals surface area (Å²) in [5.74, 6) is 0.151. The first-order valence-electron chi connectivity index (χ1n) is 5.72. The molecule has 1 aromatic rings. The third-order valence-electron chi connectivity index (χ3n) is 3.15. The Hall–Kier alpha value is -1.19. The first-order chi connectivity index (χ1) is 7.56. The molecular weight excluding hydrogens is 200 g/mol. The molecule has 1 amide bonds. The average Bonchev–Trinajstić information content (AvgIpc) is 2.25. The molecule has 1 aromatic carbocycles. The maximum Gasteiger partial charge on any atom is 0.315 e. The lowest BCUT2D eigenvalue weighted by Gasteiger charge is -2.33. The van der Waals surface area contributed by atoms with Crippen molar-refractivity contribution in [1.29, 1.82) is 0 Å². The number of likely N-dealkylation sites (N-methyl/N-ethyl adjacent to an activating group) is 1. The first-order valence-corrected chi connectivity index (χ1v) is 5.72. The molecule has 1 rings (SSSR count). The molecule has 2 N–H and O–H groups in total. The Morgan fingerprint density at radius 3 is 2.56 bits per heavy atom. The van der Waals surface area contributed by atoms with Crippen LogP contribution >= 0.6 is 0 Å². The van der Waals surface area contributed by atoms with Gasteiger partial charge >= 0.3 is 5.91 Å². The third-order valence-corrected chi connectivity index (χ3v) is 3.15. The summed E-state index contributed by atoms with van der Waals surface area (Å²) in [7, 11) is 0. The van der Waals surface area contributed by atoms with Crippen LogP contribution in [0.1, 0.15) is 19.4 Å². The Balaban J connectivity index is 3.24. The molecular formula is C13H21N2O+. The zero-order valence-electron chi connectivity index (χ0n) is 10.4. The Morgan fingerprint density at radius 1 is 1.44 bits per heavy atom. The molecule has 16 heavy (non-hydrogen) atoms. The van der Waals surface area contributed by atoms with Crippen molar-refractivity contribution in [3.63, 3.8) is 0 Å². The third kappa shape index (κ3) is 2.31. The van der Waals surface area contributed by atoms with Crippen molar-refractivity contribution in [3.8, 4) is 0 Å². The molecule has 0 aromatic heterocycles. The Kier molecular flexibility index (Phi) is 4.21. The van der Waals surface area contributed by atoms with Gasteiger partial charge in [0.15, 0.2) is 0 Å². The van der Waals surface area contributed by atoms with Crippen molar-refractivity contribution < 1.29 is 4.79 Å². The number of rotatable bonds is 4. The topological polar surface area (TPSA) is 43.1 Å². The molecule has 1 unspecified atom stereocenters. The van der Waals surface area contributed by atoms with E-state index in [2.05, 4.69) is 6.07 Å². The highest BCUT2D eigenvalue weighted by Crippen LogP contribution is 2.24. The van der Waals surface area contributed by atoms with E-state index in [9.17, 15) is 4.79 Å². The van der Waals surface area contributed by atoms with Crippen molar-refractivity contribution >= 4 is 11.6 Å². The number of hydrogen-bond donors (Lipinski definition) is 1. The van der Waals surface area contributed by atoms with E-state index >= 15 is 0 Å². The van der Waals surface area contributed by atoms with Crippen molar-refractivity contribution in [3.05, 3.63) is 29.8 Å². The van der Waals surface area contributed by atoms with E-state index in [-0.39, 0.29) is 5.91 Å². The number of nitrogens with two attached hydrogens (primary N) is 1. The van der Waals surface area contributed by atoms with Crippen LogP contribution in [-0.2, 0) is 4.79 Å². The Bertz CT molecular complexity index is 376. The monoisotopic (exact) mass is 221 g/mol. The van der Waals surface area contributed by atoms with E-state index in [1.807, 2.05) is 32.0 Å². The van der Waals surface area contributed by atoms with Gasteiger partial charge < -0.3 is 5.73 Å². The number of hydrogen-bond acceptors (Lipinski definition) is 2. The SMILES string of the molecule is CC[N+](CCN)(C(C)=O)c1cccc(C)c1. The molecule has 0 bridgehead atoms. The van der Waals surface area contributed by atoms with Crippen LogP contribution in [0, 0.1) is 6.92 Å². The van der Waals surface area contributed by atoms with Crippen LogP contribution < -0.4 is 10.2 Å². The second-order valence-electron chi connectivity index (χ2n) is 4.15. The highest BCUT2D eigenvalue weighted by molar-refractivity contribution is 5.86. The molecule has 0 fully saturated rings. The highest BCUT2D eigenvalue weighted by atomic mass is 16.2. The summed E-state index contributed by atoms with van der Waals surface area (Å²) >= 11 is 0. The second-order valence-corrected chi connectivity index (χ2v) is 4.15. The molecule has 1 atom stereocenters. The lowest BCUT2D eigenvalue weighted by molar-refractivity contribution is -0.127. The minimum absolute atomic E-state index is 0.151. The number of nitrogens with zero attached hydrogens (tertiary/aromatic N) is 1. The molecule has 0 heterocycles. The molecule has 88 valence electrons. The lowest BCUT2D eigenvalue weighted by Crippen LogP contribution is -2.55. The fraction of sp³-hybridized carbons (Fsp3) is 0.462.